The zero-order valence-corrected chi connectivity index (χ0v) is 15.1. The van der Waals surface area contributed by atoms with Crippen molar-refractivity contribution in [1.82, 2.24) is 14.5 Å². The van der Waals surface area contributed by atoms with Crippen LogP contribution in [0, 0.1) is 5.92 Å². The molecule has 6 heteroatoms. The fourth-order valence-corrected chi connectivity index (χ4v) is 3.40. The van der Waals surface area contributed by atoms with Gasteiger partial charge in [0.05, 0.1) is 16.2 Å². The van der Waals surface area contributed by atoms with Crippen molar-refractivity contribution in [3.8, 4) is 0 Å². The Morgan fingerprint density at radius 1 is 1.26 bits per heavy atom. The van der Waals surface area contributed by atoms with E-state index in [9.17, 15) is 9.59 Å². The lowest BCUT2D eigenvalue weighted by Gasteiger charge is -2.19. The largest absolute Gasteiger partial charge is 0.348 e. The second kappa shape index (κ2) is 7.17. The fraction of sp³-hybridized carbons (Fsp3) is 0.471. The highest BCUT2D eigenvalue weighted by atomic mass is 32.2. The molecule has 0 N–H and O–H groups in total. The van der Waals surface area contributed by atoms with Crippen molar-refractivity contribution in [2.75, 3.05) is 14.1 Å². The molecule has 0 fully saturated rings. The molecule has 5 nitrogen and oxygen atoms in total. The summed E-state index contributed by atoms with van der Waals surface area (Å²) in [6.45, 7) is 6.55. The van der Waals surface area contributed by atoms with E-state index in [0.29, 0.717) is 28.5 Å². The summed E-state index contributed by atoms with van der Waals surface area (Å²) in [4.78, 5) is 31.1. The van der Waals surface area contributed by atoms with Gasteiger partial charge in [0.2, 0.25) is 5.91 Å². The summed E-state index contributed by atoms with van der Waals surface area (Å²) < 4.78 is 1.69. The van der Waals surface area contributed by atoms with Gasteiger partial charge in [-0.1, -0.05) is 37.7 Å². The number of para-hydroxylation sites is 1. The first-order chi connectivity index (χ1) is 10.8. The van der Waals surface area contributed by atoms with Crippen molar-refractivity contribution < 1.29 is 4.79 Å². The van der Waals surface area contributed by atoms with E-state index in [1.807, 2.05) is 25.1 Å². The molecule has 0 unspecified atom stereocenters. The fourth-order valence-electron chi connectivity index (χ4n) is 2.34. The lowest BCUT2D eigenvalue weighted by atomic mass is 10.2. The summed E-state index contributed by atoms with van der Waals surface area (Å²) in [5, 5.41) is 0.922. The summed E-state index contributed by atoms with van der Waals surface area (Å²) in [5.74, 6) is 0.323. The Morgan fingerprint density at radius 2 is 1.91 bits per heavy atom. The molecule has 0 aliphatic heterocycles. The molecule has 0 aliphatic rings. The SMILES string of the molecule is CC(C)Cn1c(S[C@H](C)C(=O)N(C)C)nc2ccccc2c1=O. The number of hydrogen-bond donors (Lipinski definition) is 0. The quantitative estimate of drug-likeness (QED) is 0.623. The molecular formula is C17H23N3O2S. The Hall–Kier alpha value is -1.82. The van der Waals surface area contributed by atoms with Crippen LogP contribution in [0.15, 0.2) is 34.2 Å². The van der Waals surface area contributed by atoms with Gasteiger partial charge in [0.15, 0.2) is 5.16 Å². The molecule has 124 valence electrons. The van der Waals surface area contributed by atoms with Gasteiger partial charge in [0, 0.05) is 20.6 Å². The first-order valence-electron chi connectivity index (χ1n) is 7.68. The van der Waals surface area contributed by atoms with Crippen molar-refractivity contribution >= 4 is 28.6 Å². The average Bonchev–Trinajstić information content (AvgIpc) is 2.49. The topological polar surface area (TPSA) is 55.2 Å². The van der Waals surface area contributed by atoms with Crippen LogP contribution < -0.4 is 5.56 Å². The number of thioether (sulfide) groups is 1. The molecule has 1 aromatic heterocycles. The standard InChI is InChI=1S/C17H23N3O2S/c1-11(2)10-20-16(22)13-8-6-7-9-14(13)18-17(20)23-12(3)15(21)19(4)5/h6-9,11-12H,10H2,1-5H3/t12-/m1/s1. The number of aromatic nitrogens is 2. The Labute approximate surface area is 140 Å². The Kier molecular flexibility index (Phi) is 5.46. The van der Waals surface area contributed by atoms with Crippen LogP contribution in [0.2, 0.25) is 0 Å². The number of fused-ring (bicyclic) bond motifs is 1. The van der Waals surface area contributed by atoms with Gasteiger partial charge in [-0.15, -0.1) is 0 Å². The summed E-state index contributed by atoms with van der Waals surface area (Å²) >= 11 is 1.34. The molecule has 23 heavy (non-hydrogen) atoms. The first-order valence-corrected chi connectivity index (χ1v) is 8.56. The molecule has 2 aromatic rings. The van der Waals surface area contributed by atoms with Crippen LogP contribution in [-0.2, 0) is 11.3 Å². The normalized spacial score (nSPS) is 12.6. The third-order valence-electron chi connectivity index (χ3n) is 3.45. The molecule has 0 spiro atoms. The minimum absolute atomic E-state index is 0.00787. The van der Waals surface area contributed by atoms with E-state index in [1.54, 1.807) is 29.6 Å². The molecule has 0 saturated heterocycles. The zero-order chi connectivity index (χ0) is 17.1. The number of carbonyl (C=O) groups excluding carboxylic acids is 1. The van der Waals surface area contributed by atoms with Crippen molar-refractivity contribution in [1.29, 1.82) is 0 Å². The van der Waals surface area contributed by atoms with Gasteiger partial charge in [0.25, 0.3) is 5.56 Å². The minimum Gasteiger partial charge on any atom is -0.348 e. The van der Waals surface area contributed by atoms with Gasteiger partial charge in [0.1, 0.15) is 0 Å². The van der Waals surface area contributed by atoms with Gasteiger partial charge in [-0.3, -0.25) is 14.2 Å². The average molecular weight is 333 g/mol. The van der Waals surface area contributed by atoms with Crippen molar-refractivity contribution in [3.63, 3.8) is 0 Å². The van der Waals surface area contributed by atoms with Crippen LogP contribution in [-0.4, -0.2) is 39.7 Å². The molecule has 1 atom stereocenters. The maximum Gasteiger partial charge on any atom is 0.262 e. The van der Waals surface area contributed by atoms with E-state index in [4.69, 9.17) is 0 Å². The number of carbonyl (C=O) groups is 1. The number of benzene rings is 1. The third kappa shape index (κ3) is 3.93. The molecule has 0 saturated carbocycles. The zero-order valence-electron chi connectivity index (χ0n) is 14.2. The number of amides is 1. The molecule has 1 aromatic carbocycles. The highest BCUT2D eigenvalue weighted by Gasteiger charge is 2.20. The lowest BCUT2D eigenvalue weighted by Crippen LogP contribution is -2.31. The van der Waals surface area contributed by atoms with Gasteiger partial charge in [-0.05, 0) is 25.0 Å². The third-order valence-corrected chi connectivity index (χ3v) is 4.52. The van der Waals surface area contributed by atoms with Crippen LogP contribution in [0.3, 0.4) is 0 Å². The highest BCUT2D eigenvalue weighted by molar-refractivity contribution is 8.00. The van der Waals surface area contributed by atoms with E-state index in [1.165, 1.54) is 11.8 Å². The van der Waals surface area contributed by atoms with Crippen LogP contribution in [0.5, 0.6) is 0 Å². The second-order valence-electron chi connectivity index (χ2n) is 6.21. The maximum atomic E-state index is 12.8. The summed E-state index contributed by atoms with van der Waals surface area (Å²) in [6.07, 6.45) is 0. The summed E-state index contributed by atoms with van der Waals surface area (Å²) in [6, 6.07) is 7.34. The predicted octanol–water partition coefficient (Wildman–Crippen LogP) is 2.62. The number of nitrogens with zero attached hydrogens (tertiary/aromatic N) is 3. The Balaban J connectivity index is 2.52. The van der Waals surface area contributed by atoms with Crippen LogP contribution in [0.25, 0.3) is 10.9 Å². The van der Waals surface area contributed by atoms with E-state index < -0.39 is 0 Å². The van der Waals surface area contributed by atoms with E-state index >= 15 is 0 Å². The van der Waals surface area contributed by atoms with Crippen molar-refractivity contribution in [3.05, 3.63) is 34.6 Å². The maximum absolute atomic E-state index is 12.8. The summed E-state index contributed by atoms with van der Waals surface area (Å²) in [5.41, 5.74) is 0.626. The second-order valence-corrected chi connectivity index (χ2v) is 7.52. The molecule has 0 bridgehead atoms. The molecule has 0 aliphatic carbocycles. The smallest absolute Gasteiger partial charge is 0.262 e. The van der Waals surface area contributed by atoms with Crippen molar-refractivity contribution in [2.24, 2.45) is 5.92 Å². The van der Waals surface area contributed by atoms with Gasteiger partial charge >= 0.3 is 0 Å². The molecular weight excluding hydrogens is 310 g/mol. The van der Waals surface area contributed by atoms with Crippen molar-refractivity contribution in [2.45, 2.75) is 37.7 Å². The van der Waals surface area contributed by atoms with Crippen LogP contribution >= 0.6 is 11.8 Å². The Bertz CT molecular complexity index is 768. The molecule has 0 radical (unpaired) electrons. The van der Waals surface area contributed by atoms with Gasteiger partial charge in [-0.25, -0.2) is 4.98 Å². The lowest BCUT2D eigenvalue weighted by molar-refractivity contribution is -0.127. The summed E-state index contributed by atoms with van der Waals surface area (Å²) in [7, 11) is 3.46. The first kappa shape index (κ1) is 17.5. The van der Waals surface area contributed by atoms with E-state index in [0.717, 1.165) is 0 Å². The predicted molar refractivity (Wildman–Crippen MR) is 94.9 cm³/mol. The van der Waals surface area contributed by atoms with E-state index in [2.05, 4.69) is 18.8 Å². The van der Waals surface area contributed by atoms with E-state index in [-0.39, 0.29) is 16.7 Å². The molecule has 1 heterocycles. The Morgan fingerprint density at radius 3 is 2.52 bits per heavy atom. The highest BCUT2D eigenvalue weighted by Crippen LogP contribution is 2.24. The monoisotopic (exact) mass is 333 g/mol. The molecule has 1 amide bonds. The van der Waals surface area contributed by atoms with Crippen LogP contribution in [0.4, 0.5) is 0 Å². The number of hydrogen-bond acceptors (Lipinski definition) is 4. The number of rotatable bonds is 5. The van der Waals surface area contributed by atoms with Gasteiger partial charge in [-0.2, -0.15) is 0 Å². The van der Waals surface area contributed by atoms with Crippen LogP contribution in [0.1, 0.15) is 20.8 Å². The van der Waals surface area contributed by atoms with Gasteiger partial charge < -0.3 is 4.90 Å². The minimum atomic E-state index is -0.295. The molecule has 2 rings (SSSR count).